The van der Waals surface area contributed by atoms with Crippen molar-refractivity contribution < 1.29 is 4.79 Å². The third kappa shape index (κ3) is 2.78. The van der Waals surface area contributed by atoms with Crippen molar-refractivity contribution in [1.29, 1.82) is 5.26 Å². The number of ketones is 1. The Morgan fingerprint density at radius 2 is 1.90 bits per heavy atom. The van der Waals surface area contributed by atoms with Gasteiger partial charge in [-0.25, -0.2) is 0 Å². The predicted molar refractivity (Wildman–Crippen MR) is 123 cm³/mol. The van der Waals surface area contributed by atoms with Crippen LogP contribution < -0.4 is 10.6 Å². The van der Waals surface area contributed by atoms with E-state index in [1.807, 2.05) is 24.3 Å². The quantitative estimate of drug-likeness (QED) is 0.665. The second-order valence-corrected chi connectivity index (χ2v) is 10.00. The van der Waals surface area contributed by atoms with Gasteiger partial charge in [-0.1, -0.05) is 19.9 Å². The van der Waals surface area contributed by atoms with E-state index in [4.69, 9.17) is 5.73 Å². The number of carbonyl (C=O) groups excluding carboxylic acids is 1. The number of piperidine rings is 1. The van der Waals surface area contributed by atoms with Gasteiger partial charge in [-0.15, -0.1) is 0 Å². The minimum atomic E-state index is -0.258. The molecule has 2 aliphatic carbocycles. The van der Waals surface area contributed by atoms with Crippen LogP contribution in [0.25, 0.3) is 5.57 Å². The molecule has 1 fully saturated rings. The van der Waals surface area contributed by atoms with Crippen molar-refractivity contribution in [3.05, 3.63) is 68.2 Å². The number of Topliss-reactive ketones (excluding diaryl/α,β-unsaturated/α-hetero) is 1. The van der Waals surface area contributed by atoms with Crippen LogP contribution in [0.2, 0.25) is 0 Å². The Morgan fingerprint density at radius 1 is 1.17 bits per heavy atom. The van der Waals surface area contributed by atoms with Crippen LogP contribution in [0.4, 0.5) is 5.69 Å². The van der Waals surface area contributed by atoms with Gasteiger partial charge in [-0.3, -0.25) is 4.79 Å². The number of carbonyl (C=O) groups is 1. The fourth-order valence-corrected chi connectivity index (χ4v) is 5.83. The molecule has 3 aliphatic rings. The molecule has 0 spiro atoms. The number of nitrogens with two attached hydrogens (primary N) is 1. The van der Waals surface area contributed by atoms with E-state index in [2.05, 4.69) is 46.8 Å². The molecule has 2 aromatic carbocycles. The number of anilines is 1. The van der Waals surface area contributed by atoms with E-state index in [-0.39, 0.29) is 17.2 Å². The largest absolute Gasteiger partial charge is 0.370 e. The Hall–Kier alpha value is -2.42. The summed E-state index contributed by atoms with van der Waals surface area (Å²) in [6.07, 6.45) is 2.69. The number of rotatable bonds is 1. The summed E-state index contributed by atoms with van der Waals surface area (Å²) < 4.78 is 0.961. The van der Waals surface area contributed by atoms with Crippen molar-refractivity contribution in [3.8, 4) is 6.07 Å². The Bertz CT molecular complexity index is 1160. The van der Waals surface area contributed by atoms with E-state index in [1.165, 1.54) is 5.57 Å². The molecule has 5 heteroatoms. The van der Waals surface area contributed by atoms with Gasteiger partial charge in [0.1, 0.15) is 0 Å². The lowest BCUT2D eigenvalue weighted by atomic mass is 9.68. The SMILES string of the molecule is CC1(C)C2=C(C(=O)c3cc(Br)c(N4CCC(N)CC4)cc31)c1ccc(C#N)cc1C2. The van der Waals surface area contributed by atoms with E-state index >= 15 is 0 Å². The number of hydrogen-bond donors (Lipinski definition) is 1. The summed E-state index contributed by atoms with van der Waals surface area (Å²) in [6.45, 7) is 6.30. The fourth-order valence-electron chi connectivity index (χ4n) is 5.23. The number of nitriles is 1. The smallest absolute Gasteiger partial charge is 0.193 e. The number of benzene rings is 2. The summed E-state index contributed by atoms with van der Waals surface area (Å²) in [4.78, 5) is 16.0. The van der Waals surface area contributed by atoms with Crippen molar-refractivity contribution in [2.45, 2.75) is 44.6 Å². The summed E-state index contributed by atoms with van der Waals surface area (Å²) >= 11 is 3.74. The first-order chi connectivity index (χ1) is 14.3. The maximum Gasteiger partial charge on any atom is 0.193 e. The van der Waals surface area contributed by atoms with E-state index < -0.39 is 0 Å². The molecular weight excluding hydrogens is 438 g/mol. The van der Waals surface area contributed by atoms with Gasteiger partial charge in [0.25, 0.3) is 0 Å². The monoisotopic (exact) mass is 461 g/mol. The van der Waals surface area contributed by atoms with Gasteiger partial charge in [0.05, 0.1) is 17.3 Å². The van der Waals surface area contributed by atoms with Gasteiger partial charge < -0.3 is 10.6 Å². The van der Waals surface area contributed by atoms with Crippen LogP contribution in [0.1, 0.15) is 59.3 Å². The summed E-state index contributed by atoms with van der Waals surface area (Å²) in [6, 6.07) is 12.4. The highest BCUT2D eigenvalue weighted by Crippen LogP contribution is 2.51. The first-order valence-corrected chi connectivity index (χ1v) is 11.3. The number of hydrogen-bond acceptors (Lipinski definition) is 4. The lowest BCUT2D eigenvalue weighted by Gasteiger charge is -2.37. The number of halogens is 1. The Labute approximate surface area is 185 Å². The average molecular weight is 462 g/mol. The molecule has 2 N–H and O–H groups in total. The molecule has 2 aromatic rings. The maximum atomic E-state index is 13.6. The third-order valence-electron chi connectivity index (χ3n) is 7.04. The molecule has 4 nitrogen and oxygen atoms in total. The molecule has 0 amide bonds. The van der Waals surface area contributed by atoms with Crippen molar-refractivity contribution in [2.24, 2.45) is 5.73 Å². The molecule has 0 atom stereocenters. The molecule has 0 aromatic heterocycles. The maximum absolute atomic E-state index is 13.6. The van der Waals surface area contributed by atoms with Gasteiger partial charge in [0.15, 0.2) is 5.78 Å². The van der Waals surface area contributed by atoms with Crippen molar-refractivity contribution in [3.63, 3.8) is 0 Å². The van der Waals surface area contributed by atoms with Crippen LogP contribution in [0.5, 0.6) is 0 Å². The van der Waals surface area contributed by atoms with Crippen LogP contribution in [-0.4, -0.2) is 24.9 Å². The molecule has 30 heavy (non-hydrogen) atoms. The Morgan fingerprint density at radius 3 is 2.60 bits per heavy atom. The molecule has 5 rings (SSSR count). The van der Waals surface area contributed by atoms with Gasteiger partial charge in [0.2, 0.25) is 0 Å². The zero-order valence-corrected chi connectivity index (χ0v) is 18.8. The van der Waals surface area contributed by atoms with E-state index in [9.17, 15) is 10.1 Å². The molecule has 0 bridgehead atoms. The molecule has 1 aliphatic heterocycles. The molecule has 1 heterocycles. The Balaban J connectivity index is 1.62. The lowest BCUT2D eigenvalue weighted by molar-refractivity contribution is 0.105. The number of nitrogens with zero attached hydrogens (tertiary/aromatic N) is 2. The highest BCUT2D eigenvalue weighted by Gasteiger charge is 2.43. The van der Waals surface area contributed by atoms with Crippen LogP contribution in [0.3, 0.4) is 0 Å². The first-order valence-electron chi connectivity index (χ1n) is 10.5. The van der Waals surface area contributed by atoms with Crippen LogP contribution in [0.15, 0.2) is 40.4 Å². The minimum Gasteiger partial charge on any atom is -0.370 e. The van der Waals surface area contributed by atoms with E-state index in [1.54, 1.807) is 0 Å². The summed E-state index contributed by atoms with van der Waals surface area (Å²) in [5.41, 5.74) is 13.6. The average Bonchev–Trinajstić information content (AvgIpc) is 3.12. The molecule has 0 radical (unpaired) electrons. The van der Waals surface area contributed by atoms with Crippen LogP contribution in [0, 0.1) is 11.3 Å². The standard InChI is InChI=1S/C25H24BrN3O/c1-25(2)19-12-22(29-7-5-16(28)6-8-29)21(26)11-18(19)24(30)23-17-4-3-14(13-27)9-15(17)10-20(23)25/h3-4,9,11-12,16H,5-8,10,28H2,1-2H3. The topological polar surface area (TPSA) is 70.1 Å². The van der Waals surface area contributed by atoms with Crippen molar-refractivity contribution in [2.75, 3.05) is 18.0 Å². The highest BCUT2D eigenvalue weighted by atomic mass is 79.9. The Kier molecular flexibility index (Phi) is 4.43. The summed E-state index contributed by atoms with van der Waals surface area (Å²) in [5, 5.41) is 9.28. The number of allylic oxidation sites excluding steroid dienone is 2. The molecule has 1 saturated heterocycles. The van der Waals surface area contributed by atoms with Crippen LogP contribution in [-0.2, 0) is 11.8 Å². The highest BCUT2D eigenvalue weighted by molar-refractivity contribution is 9.10. The summed E-state index contributed by atoms with van der Waals surface area (Å²) in [5.74, 6) is 0.0932. The van der Waals surface area contributed by atoms with Crippen LogP contribution >= 0.6 is 15.9 Å². The zero-order chi connectivity index (χ0) is 21.2. The second-order valence-electron chi connectivity index (χ2n) is 9.14. The molecule has 0 saturated carbocycles. The second kappa shape index (κ2) is 6.80. The molecule has 152 valence electrons. The minimum absolute atomic E-state index is 0.0932. The van der Waals surface area contributed by atoms with Crippen molar-refractivity contribution >= 4 is 33.0 Å². The zero-order valence-electron chi connectivity index (χ0n) is 17.3. The van der Waals surface area contributed by atoms with Gasteiger partial charge in [-0.05, 0) is 81.7 Å². The summed E-state index contributed by atoms with van der Waals surface area (Å²) in [7, 11) is 0. The lowest BCUT2D eigenvalue weighted by Crippen LogP contribution is -2.40. The van der Waals surface area contributed by atoms with E-state index in [0.717, 1.165) is 70.3 Å². The van der Waals surface area contributed by atoms with Gasteiger partial charge >= 0.3 is 0 Å². The fraction of sp³-hybridized carbons (Fsp3) is 0.360. The van der Waals surface area contributed by atoms with Crippen molar-refractivity contribution in [1.82, 2.24) is 0 Å². The first kappa shape index (κ1) is 19.5. The van der Waals surface area contributed by atoms with E-state index in [0.29, 0.717) is 5.56 Å². The van der Waals surface area contributed by atoms with Gasteiger partial charge in [0, 0.05) is 40.2 Å². The third-order valence-corrected chi connectivity index (χ3v) is 7.67. The molecule has 0 unspecified atom stereocenters. The molecular formula is C25H24BrN3O. The number of fused-ring (bicyclic) bond motifs is 3. The predicted octanol–water partition coefficient (Wildman–Crippen LogP) is 4.73. The van der Waals surface area contributed by atoms with Gasteiger partial charge in [-0.2, -0.15) is 5.26 Å². The normalized spacial score (nSPS) is 20.0.